The van der Waals surface area contributed by atoms with Crippen LogP contribution in [0.5, 0.6) is 23.0 Å². The van der Waals surface area contributed by atoms with Crippen LogP contribution in [0.1, 0.15) is 114 Å². The van der Waals surface area contributed by atoms with Crippen molar-refractivity contribution in [1.29, 1.82) is 0 Å². The van der Waals surface area contributed by atoms with Gasteiger partial charge in [0.1, 0.15) is 5.58 Å². The summed E-state index contributed by atoms with van der Waals surface area (Å²) in [5, 5.41) is 1.12. The fourth-order valence-corrected chi connectivity index (χ4v) is 10.2. The number of aryl methyl sites for hydroxylation is 3. The summed E-state index contributed by atoms with van der Waals surface area (Å²) in [7, 11) is 0. The van der Waals surface area contributed by atoms with Gasteiger partial charge in [0.2, 0.25) is 5.88 Å². The smallest absolute Gasteiger partial charge is 0.257 e. The van der Waals surface area contributed by atoms with Gasteiger partial charge in [-0.25, -0.2) is 0 Å². The van der Waals surface area contributed by atoms with E-state index in [4.69, 9.17) is 23.4 Å². The minimum atomic E-state index is -0.186. The van der Waals surface area contributed by atoms with Crippen LogP contribution in [0.3, 0.4) is 0 Å². The van der Waals surface area contributed by atoms with E-state index in [1.807, 2.05) is 0 Å². The number of furan rings is 1. The van der Waals surface area contributed by atoms with Crippen LogP contribution in [-0.2, 0) is 16.2 Å². The molecule has 5 heterocycles. The van der Waals surface area contributed by atoms with E-state index in [1.165, 1.54) is 44.4 Å². The highest BCUT2D eigenvalue weighted by Gasteiger charge is 2.48. The number of hydrogen-bond acceptors (Lipinski definition) is 7. The Morgan fingerprint density at radius 1 is 0.500 bits per heavy atom. The van der Waals surface area contributed by atoms with Gasteiger partial charge < -0.3 is 28.3 Å². The minimum absolute atomic E-state index is 0.00369. The summed E-state index contributed by atoms with van der Waals surface area (Å²) in [6.45, 7) is 31.9. The van der Waals surface area contributed by atoms with Crippen molar-refractivity contribution < 1.29 is 23.4 Å². The highest BCUT2D eigenvalue weighted by atomic mass is 16.5. The molecule has 62 heavy (non-hydrogen) atoms. The second kappa shape index (κ2) is 14.0. The molecule has 4 aliphatic rings. The number of nitrogens with zero attached hydrogens (tertiary/aromatic N) is 2. The van der Waals surface area contributed by atoms with E-state index < -0.39 is 0 Å². The SMILES string of the molecule is Cc1cc(C(C)(C)C)cc(C)c1N1c2cc3c(cc2B2c4c1cc(C(C)(C)C)cc4N(c1c(C)cc4c(c1C)OCCCO4)c1oc4ccc(C(C)(C)C)cc4c12)OCCCO3. The van der Waals surface area contributed by atoms with Crippen molar-refractivity contribution in [2.24, 2.45) is 0 Å². The summed E-state index contributed by atoms with van der Waals surface area (Å²) >= 11 is 0. The molecule has 0 N–H and O–H groups in total. The van der Waals surface area contributed by atoms with Gasteiger partial charge in [0.15, 0.2) is 23.0 Å². The zero-order chi connectivity index (χ0) is 43.8. The Morgan fingerprint density at radius 3 is 1.68 bits per heavy atom. The number of rotatable bonds is 2. The van der Waals surface area contributed by atoms with E-state index in [1.54, 1.807) is 0 Å². The maximum Gasteiger partial charge on any atom is 0.257 e. The lowest BCUT2D eigenvalue weighted by molar-refractivity contribution is 0.296. The Labute approximate surface area is 368 Å². The van der Waals surface area contributed by atoms with Crippen molar-refractivity contribution in [2.45, 2.75) is 119 Å². The molecule has 0 amide bonds. The van der Waals surface area contributed by atoms with Gasteiger partial charge in [-0.3, -0.25) is 4.90 Å². The van der Waals surface area contributed by atoms with Crippen LogP contribution >= 0.6 is 0 Å². The Hall–Kier alpha value is -5.50. The number of fused-ring (bicyclic) bond motifs is 8. The Kier molecular flexibility index (Phi) is 9.16. The van der Waals surface area contributed by atoms with E-state index in [0.717, 1.165) is 92.0 Å². The lowest BCUT2D eigenvalue weighted by Crippen LogP contribution is -2.61. The number of anilines is 6. The van der Waals surface area contributed by atoms with Crippen molar-refractivity contribution in [2.75, 3.05) is 36.2 Å². The summed E-state index contributed by atoms with van der Waals surface area (Å²) in [6.07, 6.45) is 1.66. The first kappa shape index (κ1) is 40.6. The lowest BCUT2D eigenvalue weighted by atomic mass is 9.33. The van der Waals surface area contributed by atoms with Gasteiger partial charge in [0, 0.05) is 52.4 Å². The third kappa shape index (κ3) is 6.29. The molecule has 0 saturated carbocycles. The molecule has 10 rings (SSSR count). The molecule has 0 fully saturated rings. The summed E-state index contributed by atoms with van der Waals surface area (Å²) < 4.78 is 33.2. The molecule has 0 radical (unpaired) electrons. The summed E-state index contributed by atoms with van der Waals surface area (Å²) in [6, 6.07) is 23.2. The largest absolute Gasteiger partial charge is 0.490 e. The predicted octanol–water partition coefficient (Wildman–Crippen LogP) is 12.0. The van der Waals surface area contributed by atoms with Gasteiger partial charge in [0.25, 0.3) is 6.71 Å². The monoisotopic (exact) mass is 828 g/mol. The van der Waals surface area contributed by atoms with Crippen LogP contribution in [0, 0.1) is 27.7 Å². The van der Waals surface area contributed by atoms with Crippen LogP contribution < -0.4 is 45.1 Å². The number of hydrogen-bond donors (Lipinski definition) is 0. The minimum Gasteiger partial charge on any atom is -0.490 e. The molecule has 4 aliphatic heterocycles. The van der Waals surface area contributed by atoms with Gasteiger partial charge >= 0.3 is 0 Å². The van der Waals surface area contributed by atoms with Gasteiger partial charge in [0.05, 0.1) is 37.8 Å². The molecule has 5 aromatic carbocycles. The summed E-state index contributed by atoms with van der Waals surface area (Å²) in [4.78, 5) is 4.97. The first-order valence-corrected chi connectivity index (χ1v) is 22.6. The normalized spacial score (nSPS) is 15.9. The second-order valence-corrected chi connectivity index (χ2v) is 21.2. The van der Waals surface area contributed by atoms with Crippen molar-refractivity contribution in [3.05, 3.63) is 99.6 Å². The Bertz CT molecular complexity index is 2810. The molecular formula is C54H61BN2O5. The molecule has 0 spiro atoms. The van der Waals surface area contributed by atoms with E-state index in [2.05, 4.69) is 160 Å². The number of ether oxygens (including phenoxy) is 4. The zero-order valence-electron chi connectivity index (χ0n) is 39.0. The lowest BCUT2D eigenvalue weighted by Gasteiger charge is -2.45. The van der Waals surface area contributed by atoms with Crippen molar-refractivity contribution in [1.82, 2.24) is 0 Å². The molecule has 0 bridgehead atoms. The summed E-state index contributed by atoms with van der Waals surface area (Å²) in [5.74, 6) is 4.00. The van der Waals surface area contributed by atoms with Crippen LogP contribution in [0.15, 0.2) is 65.1 Å². The Balaban J connectivity index is 1.38. The van der Waals surface area contributed by atoms with E-state index >= 15 is 0 Å². The van der Waals surface area contributed by atoms with Gasteiger partial charge in [-0.15, -0.1) is 0 Å². The molecule has 7 nitrogen and oxygen atoms in total. The standard InChI is InChI=1S/C54H61BN2O5/c1-30-22-35(53(8,9)10)23-31(2)48(30)56-39-29-44-43(58-18-14-19-59-44)28-38(39)55-46-37-25-34(52(5,6)7)16-17-42(37)62-51(46)57(41-27-36(54(11,12)13)26-40(56)47(41)55)49-32(3)24-45-50(33(49)4)61-21-15-20-60-45/h16-17,22-29H,14-15,18-21H2,1-13H3. The molecule has 0 aliphatic carbocycles. The van der Waals surface area contributed by atoms with Gasteiger partial charge in [-0.1, -0.05) is 80.5 Å². The average molecular weight is 829 g/mol. The maximum absolute atomic E-state index is 7.31. The zero-order valence-corrected chi connectivity index (χ0v) is 39.0. The topological polar surface area (TPSA) is 56.5 Å². The Morgan fingerprint density at radius 2 is 1.05 bits per heavy atom. The van der Waals surface area contributed by atoms with E-state index in [9.17, 15) is 0 Å². The van der Waals surface area contributed by atoms with Crippen LogP contribution in [-0.4, -0.2) is 33.1 Å². The third-order valence-corrected chi connectivity index (χ3v) is 13.5. The van der Waals surface area contributed by atoms with Gasteiger partial charge in [-0.2, -0.15) is 0 Å². The molecule has 320 valence electrons. The average Bonchev–Trinajstić information content (AvgIpc) is 3.30. The first-order chi connectivity index (χ1) is 29.3. The molecule has 0 saturated heterocycles. The van der Waals surface area contributed by atoms with Crippen molar-refractivity contribution >= 4 is 68.4 Å². The van der Waals surface area contributed by atoms with E-state index in [-0.39, 0.29) is 23.0 Å². The highest BCUT2D eigenvalue weighted by molar-refractivity contribution is 7.01. The summed E-state index contributed by atoms with van der Waals surface area (Å²) in [5.41, 5.74) is 18.2. The fraction of sp³-hybridized carbons (Fsp3) is 0.407. The van der Waals surface area contributed by atoms with Crippen molar-refractivity contribution in [3.63, 3.8) is 0 Å². The first-order valence-electron chi connectivity index (χ1n) is 22.6. The number of benzene rings is 5. The molecular weight excluding hydrogens is 767 g/mol. The van der Waals surface area contributed by atoms with Crippen molar-refractivity contribution in [3.8, 4) is 23.0 Å². The fourth-order valence-electron chi connectivity index (χ4n) is 10.2. The second-order valence-electron chi connectivity index (χ2n) is 21.2. The van der Waals surface area contributed by atoms with Crippen LogP contribution in [0.2, 0.25) is 0 Å². The predicted molar refractivity (Wildman–Crippen MR) is 256 cm³/mol. The van der Waals surface area contributed by atoms with Crippen LogP contribution in [0.4, 0.5) is 34.3 Å². The molecule has 0 atom stereocenters. The maximum atomic E-state index is 7.31. The molecule has 6 aromatic rings. The molecule has 8 heteroatoms. The quantitative estimate of drug-likeness (QED) is 0.161. The van der Waals surface area contributed by atoms with Gasteiger partial charge in [-0.05, 0) is 125 Å². The highest BCUT2D eigenvalue weighted by Crippen LogP contribution is 2.53. The molecule has 1 aromatic heterocycles. The third-order valence-electron chi connectivity index (χ3n) is 13.5. The molecule has 0 unspecified atom stereocenters. The van der Waals surface area contributed by atoms with Crippen LogP contribution in [0.25, 0.3) is 11.0 Å². The van der Waals surface area contributed by atoms with E-state index in [0.29, 0.717) is 26.4 Å².